The van der Waals surface area contributed by atoms with Crippen LogP contribution in [0.4, 0.5) is 10.1 Å². The van der Waals surface area contributed by atoms with Gasteiger partial charge in [-0.2, -0.15) is 0 Å². The van der Waals surface area contributed by atoms with E-state index >= 15 is 0 Å². The molecule has 1 saturated heterocycles. The maximum Gasteiger partial charge on any atom is 0.228 e. The third kappa shape index (κ3) is 3.87. The maximum atomic E-state index is 13.3. The van der Waals surface area contributed by atoms with Crippen molar-refractivity contribution in [1.82, 2.24) is 4.90 Å². The Morgan fingerprint density at radius 1 is 1.15 bits per heavy atom. The number of carbonyl (C=O) groups is 2. The first-order valence-electron chi connectivity index (χ1n) is 9.44. The smallest absolute Gasteiger partial charge is 0.228 e. The van der Waals surface area contributed by atoms with E-state index in [1.165, 1.54) is 17.7 Å². The summed E-state index contributed by atoms with van der Waals surface area (Å²) in [6, 6.07) is 15.9. The van der Waals surface area contributed by atoms with Crippen molar-refractivity contribution in [3.8, 4) is 0 Å². The molecular formula is C22H23FN2O2. The molecule has 1 spiro atoms. The van der Waals surface area contributed by atoms with Gasteiger partial charge in [0.25, 0.3) is 0 Å². The molecule has 0 bridgehead atoms. The third-order valence-corrected chi connectivity index (χ3v) is 5.81. The van der Waals surface area contributed by atoms with Crippen LogP contribution in [0.5, 0.6) is 0 Å². The molecule has 1 saturated carbocycles. The van der Waals surface area contributed by atoms with E-state index in [1.54, 1.807) is 12.1 Å². The first-order chi connectivity index (χ1) is 13.1. The van der Waals surface area contributed by atoms with Crippen molar-refractivity contribution in [3.63, 3.8) is 0 Å². The van der Waals surface area contributed by atoms with E-state index in [-0.39, 0.29) is 29.0 Å². The van der Waals surface area contributed by atoms with Crippen LogP contribution >= 0.6 is 0 Å². The zero-order valence-electron chi connectivity index (χ0n) is 15.2. The van der Waals surface area contributed by atoms with Crippen LogP contribution in [-0.4, -0.2) is 29.8 Å². The number of nitrogens with zero attached hydrogens (tertiary/aromatic N) is 1. The quantitative estimate of drug-likeness (QED) is 0.878. The van der Waals surface area contributed by atoms with Gasteiger partial charge in [0.15, 0.2) is 0 Å². The first kappa shape index (κ1) is 17.7. The number of rotatable bonds is 5. The molecule has 2 aromatic rings. The van der Waals surface area contributed by atoms with Gasteiger partial charge in [-0.25, -0.2) is 4.39 Å². The summed E-state index contributed by atoms with van der Waals surface area (Å²) in [5.41, 5.74) is 1.56. The maximum absolute atomic E-state index is 13.3. The number of likely N-dealkylation sites (tertiary alicyclic amines) is 1. The van der Waals surface area contributed by atoms with Gasteiger partial charge in [0.05, 0.1) is 0 Å². The van der Waals surface area contributed by atoms with Crippen molar-refractivity contribution in [3.05, 3.63) is 66.0 Å². The minimum atomic E-state index is -0.366. The van der Waals surface area contributed by atoms with Gasteiger partial charge in [-0.05, 0) is 43.0 Å². The number of amides is 2. The average molecular weight is 366 g/mol. The number of benzene rings is 2. The van der Waals surface area contributed by atoms with Crippen LogP contribution in [0.1, 0.15) is 24.8 Å². The van der Waals surface area contributed by atoms with E-state index in [4.69, 9.17) is 0 Å². The molecule has 0 aromatic heterocycles. The number of anilines is 1. The number of hydrogen-bond acceptors (Lipinski definition) is 2. The highest BCUT2D eigenvalue weighted by Crippen LogP contribution is 2.58. The fourth-order valence-corrected chi connectivity index (χ4v) is 4.13. The highest BCUT2D eigenvalue weighted by Gasteiger charge is 2.61. The van der Waals surface area contributed by atoms with Gasteiger partial charge in [0.2, 0.25) is 11.8 Å². The molecule has 1 aliphatic carbocycles. The van der Waals surface area contributed by atoms with E-state index in [1.807, 2.05) is 35.2 Å². The zero-order chi connectivity index (χ0) is 18.9. The lowest BCUT2D eigenvalue weighted by Gasteiger charge is -2.17. The monoisotopic (exact) mass is 366 g/mol. The lowest BCUT2D eigenvalue weighted by atomic mass is 10.0. The summed E-state index contributed by atoms with van der Waals surface area (Å²) in [5.74, 6) is -0.367. The predicted octanol–water partition coefficient (Wildman–Crippen LogP) is 3.64. The molecule has 0 unspecified atom stereocenters. The second kappa shape index (κ2) is 7.14. The van der Waals surface area contributed by atoms with Crippen LogP contribution in [0.2, 0.25) is 0 Å². The van der Waals surface area contributed by atoms with Crippen LogP contribution in [0.3, 0.4) is 0 Å². The second-order valence-electron chi connectivity index (χ2n) is 7.67. The summed E-state index contributed by atoms with van der Waals surface area (Å²) < 4.78 is 13.3. The van der Waals surface area contributed by atoms with E-state index < -0.39 is 0 Å². The van der Waals surface area contributed by atoms with Gasteiger partial charge in [-0.1, -0.05) is 36.4 Å². The Bertz CT molecular complexity index is 854. The van der Waals surface area contributed by atoms with Gasteiger partial charge < -0.3 is 10.2 Å². The Morgan fingerprint density at radius 2 is 1.96 bits per heavy atom. The highest BCUT2D eigenvalue weighted by atomic mass is 19.1. The Morgan fingerprint density at radius 3 is 2.74 bits per heavy atom. The van der Waals surface area contributed by atoms with Crippen LogP contribution in [0.25, 0.3) is 0 Å². The molecule has 2 aromatic carbocycles. The third-order valence-electron chi connectivity index (χ3n) is 5.81. The fourth-order valence-electron chi connectivity index (χ4n) is 4.13. The van der Waals surface area contributed by atoms with E-state index in [0.717, 1.165) is 25.8 Å². The van der Waals surface area contributed by atoms with Crippen LogP contribution in [0, 0.1) is 17.2 Å². The molecule has 1 N–H and O–H groups in total. The largest absolute Gasteiger partial charge is 0.342 e. The molecule has 1 aliphatic heterocycles. The molecule has 4 rings (SSSR count). The predicted molar refractivity (Wildman–Crippen MR) is 102 cm³/mol. The number of carbonyl (C=O) groups excluding carboxylic acids is 2. The molecule has 2 atom stereocenters. The van der Waals surface area contributed by atoms with Gasteiger partial charge in [-0.15, -0.1) is 0 Å². The zero-order valence-corrected chi connectivity index (χ0v) is 15.2. The minimum Gasteiger partial charge on any atom is -0.342 e. The SMILES string of the molecule is O=C(Nc1cccc(F)c1)[C@@H]1C[C@@]12CCN(C(=O)CCc1ccccc1)C2. The summed E-state index contributed by atoms with van der Waals surface area (Å²) in [6.45, 7) is 1.37. The number of aryl methyl sites for hydroxylation is 1. The van der Waals surface area contributed by atoms with E-state index in [2.05, 4.69) is 5.32 Å². The lowest BCUT2D eigenvalue weighted by molar-refractivity contribution is -0.130. The van der Waals surface area contributed by atoms with Crippen molar-refractivity contribution in [2.75, 3.05) is 18.4 Å². The molecule has 1 heterocycles. The average Bonchev–Trinajstić information content (AvgIpc) is 3.21. The van der Waals surface area contributed by atoms with E-state index in [0.29, 0.717) is 18.7 Å². The lowest BCUT2D eigenvalue weighted by Crippen LogP contribution is -2.30. The standard InChI is InChI=1S/C22H23FN2O2/c23-17-7-4-8-18(13-17)24-21(27)19-14-22(19)11-12-25(15-22)20(26)10-9-16-5-2-1-3-6-16/h1-8,13,19H,9-12,14-15H2,(H,24,27)/t19-,22+/m0/s1. The van der Waals surface area contributed by atoms with Gasteiger partial charge in [-0.3, -0.25) is 9.59 Å². The molecule has 4 nitrogen and oxygen atoms in total. The van der Waals surface area contributed by atoms with Crippen molar-refractivity contribution in [1.29, 1.82) is 0 Å². The normalized spacial score (nSPS) is 23.4. The van der Waals surface area contributed by atoms with Crippen molar-refractivity contribution >= 4 is 17.5 Å². The molecule has 2 aliphatic rings. The summed E-state index contributed by atoms with van der Waals surface area (Å²) in [5, 5.41) is 2.80. The van der Waals surface area contributed by atoms with Crippen LogP contribution in [-0.2, 0) is 16.0 Å². The Labute approximate surface area is 158 Å². The second-order valence-corrected chi connectivity index (χ2v) is 7.67. The molecule has 27 heavy (non-hydrogen) atoms. The molecule has 5 heteroatoms. The van der Waals surface area contributed by atoms with Crippen molar-refractivity contribution in [2.45, 2.75) is 25.7 Å². The molecule has 2 amide bonds. The molecule has 140 valence electrons. The van der Waals surface area contributed by atoms with Crippen LogP contribution in [0.15, 0.2) is 54.6 Å². The Hall–Kier alpha value is -2.69. The molecule has 0 radical (unpaired) electrons. The first-order valence-corrected chi connectivity index (χ1v) is 9.44. The van der Waals surface area contributed by atoms with Crippen LogP contribution < -0.4 is 5.32 Å². The topological polar surface area (TPSA) is 49.4 Å². The summed E-state index contributed by atoms with van der Waals surface area (Å²) in [4.78, 5) is 26.9. The summed E-state index contributed by atoms with van der Waals surface area (Å²) >= 11 is 0. The number of nitrogens with one attached hydrogen (secondary N) is 1. The summed E-state index contributed by atoms with van der Waals surface area (Å²) in [6.07, 6.45) is 2.91. The van der Waals surface area contributed by atoms with Crippen molar-refractivity contribution < 1.29 is 14.0 Å². The van der Waals surface area contributed by atoms with Gasteiger partial charge >= 0.3 is 0 Å². The summed E-state index contributed by atoms with van der Waals surface area (Å²) in [7, 11) is 0. The number of hydrogen-bond donors (Lipinski definition) is 1. The highest BCUT2D eigenvalue weighted by molar-refractivity contribution is 5.95. The van der Waals surface area contributed by atoms with Gasteiger partial charge in [0, 0.05) is 36.5 Å². The Balaban J connectivity index is 1.29. The Kier molecular flexibility index (Phi) is 4.68. The molecular weight excluding hydrogens is 343 g/mol. The minimum absolute atomic E-state index is 0.0702. The fraction of sp³-hybridized carbons (Fsp3) is 0.364. The number of halogens is 1. The molecule has 2 fully saturated rings. The van der Waals surface area contributed by atoms with E-state index in [9.17, 15) is 14.0 Å². The van der Waals surface area contributed by atoms with Crippen molar-refractivity contribution in [2.24, 2.45) is 11.3 Å². The van der Waals surface area contributed by atoms with Gasteiger partial charge in [0.1, 0.15) is 5.82 Å².